The number of ether oxygens (including phenoxy) is 1. The molecule has 0 aromatic heterocycles. The molecule has 1 rings (SSSR count). The summed E-state index contributed by atoms with van der Waals surface area (Å²) in [7, 11) is 0. The van der Waals surface area contributed by atoms with Gasteiger partial charge in [0, 0.05) is 13.2 Å². The minimum Gasteiger partial charge on any atom is -0.375 e. The monoisotopic (exact) mass is 269 g/mol. The zero-order chi connectivity index (χ0) is 14.5. The normalized spacial score (nSPS) is 25.6. The van der Waals surface area contributed by atoms with Gasteiger partial charge in [-0.15, -0.1) is 0 Å². The minimum absolute atomic E-state index is 0.0304. The average Bonchev–Trinajstić information content (AvgIpc) is 2.28. The van der Waals surface area contributed by atoms with E-state index in [1.54, 1.807) is 0 Å². The Kier molecular flexibility index (Phi) is 6.32. The summed E-state index contributed by atoms with van der Waals surface area (Å²) in [5, 5.41) is 3.61. The van der Waals surface area contributed by atoms with Crippen LogP contribution < -0.4 is 5.32 Å². The van der Waals surface area contributed by atoms with Crippen LogP contribution >= 0.6 is 0 Å². The molecule has 1 aliphatic rings. The van der Waals surface area contributed by atoms with Gasteiger partial charge in [0.05, 0.1) is 5.60 Å². The van der Waals surface area contributed by atoms with Crippen molar-refractivity contribution in [1.29, 1.82) is 0 Å². The molecule has 1 N–H and O–H groups in total. The Morgan fingerprint density at radius 2 is 1.58 bits per heavy atom. The molecule has 0 heterocycles. The smallest absolute Gasteiger partial charge is 0.0750 e. The van der Waals surface area contributed by atoms with Crippen molar-refractivity contribution < 1.29 is 4.74 Å². The van der Waals surface area contributed by atoms with Gasteiger partial charge in [0.25, 0.3) is 0 Å². The zero-order valence-corrected chi connectivity index (χ0v) is 14.0. The molecule has 0 aromatic carbocycles. The number of nitrogens with one attached hydrogen (secondary N) is 1. The molecule has 0 amide bonds. The molecule has 0 unspecified atom stereocenters. The van der Waals surface area contributed by atoms with Crippen molar-refractivity contribution in [2.75, 3.05) is 19.7 Å². The quantitative estimate of drug-likeness (QED) is 0.778. The van der Waals surface area contributed by atoms with Crippen LogP contribution in [0.2, 0.25) is 0 Å². The summed E-state index contributed by atoms with van der Waals surface area (Å²) in [6.45, 7) is 16.5. The second kappa shape index (κ2) is 7.08. The Hall–Kier alpha value is -0.0800. The Labute approximate surface area is 120 Å². The molecule has 114 valence electrons. The summed E-state index contributed by atoms with van der Waals surface area (Å²) >= 11 is 0. The highest BCUT2D eigenvalue weighted by molar-refractivity contribution is 4.82. The molecular formula is C17H35NO. The summed E-state index contributed by atoms with van der Waals surface area (Å²) in [5.74, 6) is 1.79. The Morgan fingerprint density at radius 1 is 1.00 bits per heavy atom. The van der Waals surface area contributed by atoms with Crippen molar-refractivity contribution in [2.24, 2.45) is 17.3 Å². The van der Waals surface area contributed by atoms with Crippen molar-refractivity contribution in [3.63, 3.8) is 0 Å². The lowest BCUT2D eigenvalue weighted by Gasteiger charge is -2.37. The number of hydrogen-bond donors (Lipinski definition) is 1. The summed E-state index contributed by atoms with van der Waals surface area (Å²) in [6.07, 6.45) is 5.60. The van der Waals surface area contributed by atoms with Crippen LogP contribution in [0.3, 0.4) is 0 Å². The highest BCUT2D eigenvalue weighted by Crippen LogP contribution is 2.39. The standard InChI is InChI=1S/C17H35NO/c1-7-19-17(5,6)13-18-12-14-8-10-15(11-9-14)16(2,3)4/h14-15,18H,7-13H2,1-6H3. The molecule has 0 radical (unpaired) electrons. The maximum atomic E-state index is 5.72. The fourth-order valence-electron chi connectivity index (χ4n) is 3.25. The first-order chi connectivity index (χ1) is 8.74. The lowest BCUT2D eigenvalue weighted by atomic mass is 9.70. The van der Waals surface area contributed by atoms with Crippen LogP contribution in [0.25, 0.3) is 0 Å². The third-order valence-corrected chi connectivity index (χ3v) is 4.59. The van der Waals surface area contributed by atoms with Crippen LogP contribution in [-0.2, 0) is 4.74 Å². The topological polar surface area (TPSA) is 21.3 Å². The Morgan fingerprint density at radius 3 is 2.05 bits per heavy atom. The molecule has 2 heteroatoms. The van der Waals surface area contributed by atoms with Crippen LogP contribution in [0.4, 0.5) is 0 Å². The van der Waals surface area contributed by atoms with Crippen LogP contribution in [0, 0.1) is 17.3 Å². The molecule has 0 saturated heterocycles. The zero-order valence-electron chi connectivity index (χ0n) is 14.0. The molecule has 1 aliphatic carbocycles. The maximum Gasteiger partial charge on any atom is 0.0750 e. The SMILES string of the molecule is CCOC(C)(C)CNCC1CCC(C(C)(C)C)CC1. The van der Waals surface area contributed by atoms with Gasteiger partial charge in [0.15, 0.2) is 0 Å². The Balaban J connectivity index is 2.20. The van der Waals surface area contributed by atoms with Crippen molar-refractivity contribution in [3.05, 3.63) is 0 Å². The van der Waals surface area contributed by atoms with E-state index in [0.29, 0.717) is 5.41 Å². The predicted octanol–water partition coefficient (Wildman–Crippen LogP) is 4.24. The van der Waals surface area contributed by atoms with Gasteiger partial charge in [0.1, 0.15) is 0 Å². The van der Waals surface area contributed by atoms with E-state index in [1.165, 1.54) is 25.7 Å². The Bertz CT molecular complexity index is 246. The molecule has 0 aliphatic heterocycles. The lowest BCUT2D eigenvalue weighted by molar-refractivity contribution is -0.00967. The fraction of sp³-hybridized carbons (Fsp3) is 1.00. The van der Waals surface area contributed by atoms with Gasteiger partial charge >= 0.3 is 0 Å². The number of rotatable bonds is 6. The first kappa shape index (κ1) is 17.0. The molecule has 2 nitrogen and oxygen atoms in total. The van der Waals surface area contributed by atoms with E-state index < -0.39 is 0 Å². The van der Waals surface area contributed by atoms with Gasteiger partial charge in [-0.3, -0.25) is 0 Å². The number of hydrogen-bond acceptors (Lipinski definition) is 2. The van der Waals surface area contributed by atoms with E-state index in [9.17, 15) is 0 Å². The van der Waals surface area contributed by atoms with Crippen LogP contribution in [-0.4, -0.2) is 25.3 Å². The first-order valence-electron chi connectivity index (χ1n) is 8.09. The van der Waals surface area contributed by atoms with Gasteiger partial charge in [-0.05, 0) is 70.3 Å². The molecule has 0 atom stereocenters. The molecule has 0 bridgehead atoms. The molecule has 19 heavy (non-hydrogen) atoms. The second-order valence-electron chi connectivity index (χ2n) is 7.91. The predicted molar refractivity (Wildman–Crippen MR) is 83.5 cm³/mol. The third-order valence-electron chi connectivity index (χ3n) is 4.59. The molecule has 0 aromatic rings. The van der Waals surface area contributed by atoms with Crippen molar-refractivity contribution in [2.45, 2.75) is 72.8 Å². The van der Waals surface area contributed by atoms with E-state index in [1.807, 2.05) is 0 Å². The highest BCUT2D eigenvalue weighted by atomic mass is 16.5. The van der Waals surface area contributed by atoms with Crippen molar-refractivity contribution in [3.8, 4) is 0 Å². The van der Waals surface area contributed by atoms with E-state index in [0.717, 1.165) is 31.5 Å². The van der Waals surface area contributed by atoms with Crippen molar-refractivity contribution in [1.82, 2.24) is 5.32 Å². The molecule has 0 spiro atoms. The van der Waals surface area contributed by atoms with E-state index >= 15 is 0 Å². The van der Waals surface area contributed by atoms with Gasteiger partial charge < -0.3 is 10.1 Å². The molecule has 1 saturated carbocycles. The molecule has 1 fully saturated rings. The van der Waals surface area contributed by atoms with Gasteiger partial charge in [0.2, 0.25) is 0 Å². The minimum atomic E-state index is -0.0304. The fourth-order valence-corrected chi connectivity index (χ4v) is 3.25. The summed E-state index contributed by atoms with van der Waals surface area (Å²) in [4.78, 5) is 0. The summed E-state index contributed by atoms with van der Waals surface area (Å²) < 4.78 is 5.72. The van der Waals surface area contributed by atoms with Gasteiger partial charge in [-0.2, -0.15) is 0 Å². The average molecular weight is 269 g/mol. The second-order valence-corrected chi connectivity index (χ2v) is 7.91. The van der Waals surface area contributed by atoms with E-state index in [2.05, 4.69) is 46.9 Å². The van der Waals surface area contributed by atoms with Gasteiger partial charge in [-0.25, -0.2) is 0 Å². The maximum absolute atomic E-state index is 5.72. The van der Waals surface area contributed by atoms with E-state index in [-0.39, 0.29) is 5.60 Å². The van der Waals surface area contributed by atoms with E-state index in [4.69, 9.17) is 4.74 Å². The van der Waals surface area contributed by atoms with Crippen LogP contribution in [0.15, 0.2) is 0 Å². The van der Waals surface area contributed by atoms with Crippen molar-refractivity contribution >= 4 is 0 Å². The summed E-state index contributed by atoms with van der Waals surface area (Å²) in [5.41, 5.74) is 0.465. The van der Waals surface area contributed by atoms with Crippen LogP contribution in [0.1, 0.15) is 67.2 Å². The summed E-state index contributed by atoms with van der Waals surface area (Å²) in [6, 6.07) is 0. The lowest BCUT2D eigenvalue weighted by Crippen LogP contribution is -2.40. The van der Waals surface area contributed by atoms with Gasteiger partial charge in [-0.1, -0.05) is 20.8 Å². The van der Waals surface area contributed by atoms with Crippen LogP contribution in [0.5, 0.6) is 0 Å². The highest BCUT2D eigenvalue weighted by Gasteiger charge is 2.29. The third kappa shape index (κ3) is 6.27. The largest absolute Gasteiger partial charge is 0.375 e. The first-order valence-corrected chi connectivity index (χ1v) is 8.09. The molecular weight excluding hydrogens is 234 g/mol.